The third-order valence-electron chi connectivity index (χ3n) is 5.01. The van der Waals surface area contributed by atoms with Crippen molar-refractivity contribution in [2.75, 3.05) is 13.1 Å². The second-order valence-electron chi connectivity index (χ2n) is 6.65. The molecule has 26 heavy (non-hydrogen) atoms. The average molecular weight is 366 g/mol. The molecule has 2 aromatic rings. The van der Waals surface area contributed by atoms with Gasteiger partial charge in [0.2, 0.25) is 0 Å². The Balaban J connectivity index is 1.60. The topological polar surface area (TPSA) is 60.3 Å². The average Bonchev–Trinajstić information content (AvgIpc) is 3.09. The summed E-state index contributed by atoms with van der Waals surface area (Å²) >= 11 is 0. The Bertz CT molecular complexity index is 849. The summed E-state index contributed by atoms with van der Waals surface area (Å²) in [4.78, 5) is 14.5. The SMILES string of the molecule is Cc1ccc(C(F)(F)F)cc1C(=O)N1CC[C@@H]2OCc3cnnn3[C@@H]2C1. The number of aromatic nitrogens is 3. The summed E-state index contributed by atoms with van der Waals surface area (Å²) in [6, 6.07) is 3.09. The molecule has 1 aromatic heterocycles. The van der Waals surface area contributed by atoms with Crippen LogP contribution < -0.4 is 0 Å². The van der Waals surface area contributed by atoms with E-state index in [1.54, 1.807) is 22.7 Å². The Morgan fingerprint density at radius 3 is 2.92 bits per heavy atom. The van der Waals surface area contributed by atoms with E-state index in [0.29, 0.717) is 31.7 Å². The zero-order valence-corrected chi connectivity index (χ0v) is 14.0. The van der Waals surface area contributed by atoms with Crippen LogP contribution in [0.25, 0.3) is 0 Å². The molecule has 1 aromatic carbocycles. The third-order valence-corrected chi connectivity index (χ3v) is 5.01. The molecule has 6 nitrogen and oxygen atoms in total. The molecule has 2 aliphatic heterocycles. The molecular formula is C17H17F3N4O2. The summed E-state index contributed by atoms with van der Waals surface area (Å²) in [6.45, 7) is 2.82. The number of aryl methyl sites for hydroxylation is 1. The van der Waals surface area contributed by atoms with Crippen molar-refractivity contribution in [2.45, 2.75) is 38.3 Å². The van der Waals surface area contributed by atoms with Crippen molar-refractivity contribution >= 4 is 5.91 Å². The lowest BCUT2D eigenvalue weighted by Crippen LogP contribution is -2.50. The molecule has 2 aliphatic rings. The molecule has 1 amide bonds. The van der Waals surface area contributed by atoms with Crippen LogP contribution in [0, 0.1) is 6.92 Å². The van der Waals surface area contributed by atoms with Crippen LogP contribution in [0.5, 0.6) is 0 Å². The number of benzene rings is 1. The standard InChI is InChI=1S/C17H17F3N4O2/c1-10-2-3-11(17(18,19)20)6-13(10)16(25)23-5-4-15-14(8-23)24-12(9-26-15)7-21-22-24/h2-3,6-7,14-15H,4-5,8-9H2,1H3/t14-,15+/m1/s1. The molecule has 1 fully saturated rings. The molecular weight excluding hydrogens is 349 g/mol. The molecule has 2 atom stereocenters. The Morgan fingerprint density at radius 1 is 1.35 bits per heavy atom. The van der Waals surface area contributed by atoms with Crippen molar-refractivity contribution in [2.24, 2.45) is 0 Å². The molecule has 0 N–H and O–H groups in total. The molecule has 0 saturated carbocycles. The largest absolute Gasteiger partial charge is 0.416 e. The van der Waals surface area contributed by atoms with Gasteiger partial charge in [0.05, 0.1) is 36.2 Å². The van der Waals surface area contributed by atoms with Gasteiger partial charge in [0.1, 0.15) is 0 Å². The van der Waals surface area contributed by atoms with Crippen LogP contribution in [0.3, 0.4) is 0 Å². The van der Waals surface area contributed by atoms with Gasteiger partial charge in [-0.15, -0.1) is 5.10 Å². The number of rotatable bonds is 1. The molecule has 9 heteroatoms. The summed E-state index contributed by atoms with van der Waals surface area (Å²) in [5, 5.41) is 7.95. The second kappa shape index (κ2) is 6.08. The van der Waals surface area contributed by atoms with Crippen molar-refractivity contribution in [3.8, 4) is 0 Å². The molecule has 0 bridgehead atoms. The number of likely N-dealkylation sites (tertiary alicyclic amines) is 1. The van der Waals surface area contributed by atoms with Crippen LogP contribution >= 0.6 is 0 Å². The minimum atomic E-state index is -4.48. The van der Waals surface area contributed by atoms with Crippen molar-refractivity contribution in [3.05, 3.63) is 46.8 Å². The van der Waals surface area contributed by atoms with E-state index >= 15 is 0 Å². The highest BCUT2D eigenvalue weighted by molar-refractivity contribution is 5.96. The van der Waals surface area contributed by atoms with E-state index < -0.39 is 17.6 Å². The number of alkyl halides is 3. The van der Waals surface area contributed by atoms with Crippen molar-refractivity contribution in [1.82, 2.24) is 19.9 Å². The van der Waals surface area contributed by atoms with Gasteiger partial charge in [-0.1, -0.05) is 11.3 Å². The maximum atomic E-state index is 13.0. The molecule has 3 heterocycles. The monoisotopic (exact) mass is 366 g/mol. The lowest BCUT2D eigenvalue weighted by molar-refractivity contribution is -0.137. The second-order valence-corrected chi connectivity index (χ2v) is 6.65. The first-order valence-corrected chi connectivity index (χ1v) is 8.32. The van der Waals surface area contributed by atoms with Gasteiger partial charge in [-0.2, -0.15) is 13.2 Å². The summed E-state index contributed by atoms with van der Waals surface area (Å²) in [5.74, 6) is -0.403. The van der Waals surface area contributed by atoms with E-state index in [9.17, 15) is 18.0 Å². The minimum Gasteiger partial charge on any atom is -0.370 e. The van der Waals surface area contributed by atoms with Gasteiger partial charge >= 0.3 is 6.18 Å². The number of nitrogens with zero attached hydrogens (tertiary/aromatic N) is 4. The first-order valence-electron chi connectivity index (χ1n) is 8.32. The molecule has 0 spiro atoms. The zero-order valence-electron chi connectivity index (χ0n) is 14.0. The van der Waals surface area contributed by atoms with Gasteiger partial charge in [-0.25, -0.2) is 4.68 Å². The Labute approximate surface area is 147 Å². The van der Waals surface area contributed by atoms with Gasteiger partial charge in [0.25, 0.3) is 5.91 Å². The van der Waals surface area contributed by atoms with Crippen LogP contribution in [-0.4, -0.2) is 45.0 Å². The Hall–Kier alpha value is -2.42. The van der Waals surface area contributed by atoms with Crippen LogP contribution in [-0.2, 0) is 17.5 Å². The molecule has 1 saturated heterocycles. The highest BCUT2D eigenvalue weighted by Crippen LogP contribution is 2.33. The van der Waals surface area contributed by atoms with E-state index in [0.717, 1.165) is 17.8 Å². The summed E-state index contributed by atoms with van der Waals surface area (Å²) in [7, 11) is 0. The maximum absolute atomic E-state index is 13.0. The van der Waals surface area contributed by atoms with Gasteiger partial charge < -0.3 is 9.64 Å². The maximum Gasteiger partial charge on any atom is 0.416 e. The van der Waals surface area contributed by atoms with Crippen LogP contribution in [0.15, 0.2) is 24.4 Å². The van der Waals surface area contributed by atoms with E-state index in [1.165, 1.54) is 6.07 Å². The number of halogens is 3. The van der Waals surface area contributed by atoms with Gasteiger partial charge in [0.15, 0.2) is 0 Å². The van der Waals surface area contributed by atoms with Gasteiger partial charge in [-0.05, 0) is 31.0 Å². The summed E-state index contributed by atoms with van der Waals surface area (Å²) < 4.78 is 46.5. The first kappa shape index (κ1) is 17.0. The molecule has 4 rings (SSSR count). The van der Waals surface area contributed by atoms with E-state index in [2.05, 4.69) is 10.3 Å². The predicted octanol–water partition coefficient (Wildman–Crippen LogP) is 2.59. The van der Waals surface area contributed by atoms with Crippen molar-refractivity contribution in [3.63, 3.8) is 0 Å². The number of fused-ring (bicyclic) bond motifs is 3. The quantitative estimate of drug-likeness (QED) is 0.778. The van der Waals surface area contributed by atoms with Gasteiger partial charge in [-0.3, -0.25) is 4.79 Å². The van der Waals surface area contributed by atoms with Crippen LogP contribution in [0.1, 0.15) is 39.6 Å². The number of carbonyl (C=O) groups excluding carboxylic acids is 1. The highest BCUT2D eigenvalue weighted by atomic mass is 19.4. The van der Waals surface area contributed by atoms with Gasteiger partial charge in [0, 0.05) is 18.7 Å². The van der Waals surface area contributed by atoms with E-state index in [1.807, 2.05) is 0 Å². The zero-order chi connectivity index (χ0) is 18.5. The Morgan fingerprint density at radius 2 is 2.15 bits per heavy atom. The van der Waals surface area contributed by atoms with E-state index in [-0.39, 0.29) is 17.7 Å². The molecule has 0 aliphatic carbocycles. The highest BCUT2D eigenvalue weighted by Gasteiger charge is 2.39. The number of hydrogen-bond acceptors (Lipinski definition) is 4. The lowest BCUT2D eigenvalue weighted by Gasteiger charge is -2.41. The molecule has 138 valence electrons. The number of carbonyl (C=O) groups is 1. The van der Waals surface area contributed by atoms with Crippen molar-refractivity contribution in [1.29, 1.82) is 0 Å². The normalized spacial score (nSPS) is 22.7. The lowest BCUT2D eigenvalue weighted by atomic mass is 9.98. The fourth-order valence-corrected chi connectivity index (χ4v) is 3.56. The van der Waals surface area contributed by atoms with Crippen LogP contribution in [0.4, 0.5) is 13.2 Å². The fraction of sp³-hybridized carbons (Fsp3) is 0.471. The number of amides is 1. The number of ether oxygens (including phenoxy) is 1. The van der Waals surface area contributed by atoms with Crippen molar-refractivity contribution < 1.29 is 22.7 Å². The smallest absolute Gasteiger partial charge is 0.370 e. The number of piperidine rings is 1. The predicted molar refractivity (Wildman–Crippen MR) is 84.3 cm³/mol. The molecule has 0 radical (unpaired) electrons. The van der Waals surface area contributed by atoms with Crippen LogP contribution in [0.2, 0.25) is 0 Å². The molecule has 0 unspecified atom stereocenters. The summed E-state index contributed by atoms with van der Waals surface area (Å²) in [6.07, 6.45) is -2.33. The fourth-order valence-electron chi connectivity index (χ4n) is 3.56. The van der Waals surface area contributed by atoms with E-state index in [4.69, 9.17) is 4.74 Å². The first-order chi connectivity index (χ1) is 12.3. The Kier molecular flexibility index (Phi) is 3.98. The minimum absolute atomic E-state index is 0.0733. The summed E-state index contributed by atoms with van der Waals surface area (Å²) in [5.41, 5.74) is 0.608. The third kappa shape index (κ3) is 2.86. The number of hydrogen-bond donors (Lipinski definition) is 0.